The molecule has 2 aromatic rings. The fourth-order valence-corrected chi connectivity index (χ4v) is 4.91. The molecule has 1 saturated carbocycles. The molecule has 158 valence electrons. The van der Waals surface area contributed by atoms with Gasteiger partial charge in [0.1, 0.15) is 23.4 Å². The maximum Gasteiger partial charge on any atom is 0.410 e. The van der Waals surface area contributed by atoms with Gasteiger partial charge < -0.3 is 19.5 Å². The van der Waals surface area contributed by atoms with Crippen LogP contribution in [0.3, 0.4) is 0 Å². The first kappa shape index (κ1) is 20.0. The van der Waals surface area contributed by atoms with Gasteiger partial charge in [0.05, 0.1) is 5.39 Å². The molecule has 1 amide bonds. The highest BCUT2D eigenvalue weighted by Crippen LogP contribution is 2.46. The number of ether oxygens (including phenoxy) is 1. The van der Waals surface area contributed by atoms with Crippen molar-refractivity contribution in [2.45, 2.75) is 70.9 Å². The van der Waals surface area contributed by atoms with Gasteiger partial charge in [0.25, 0.3) is 0 Å². The third kappa shape index (κ3) is 4.19. The molecule has 2 fully saturated rings. The predicted octanol–water partition coefficient (Wildman–Crippen LogP) is 4.35. The fraction of sp³-hybridized carbons (Fsp3) is 0.682. The average molecular weight is 400 g/mol. The number of aromatic nitrogens is 3. The lowest BCUT2D eigenvalue weighted by atomic mass is 9.67. The largest absolute Gasteiger partial charge is 0.444 e. The van der Waals surface area contributed by atoms with Gasteiger partial charge in [-0.3, -0.25) is 0 Å². The summed E-state index contributed by atoms with van der Waals surface area (Å²) in [5.41, 5.74) is 0.842. The lowest BCUT2D eigenvalue weighted by molar-refractivity contribution is 0.00353. The highest BCUT2D eigenvalue weighted by Gasteiger charge is 2.40. The van der Waals surface area contributed by atoms with Crippen LogP contribution in [0.2, 0.25) is 0 Å². The van der Waals surface area contributed by atoms with Crippen LogP contribution in [0.1, 0.15) is 59.3 Å². The molecule has 0 radical (unpaired) electrons. The van der Waals surface area contributed by atoms with E-state index in [9.17, 15) is 4.79 Å². The summed E-state index contributed by atoms with van der Waals surface area (Å²) >= 11 is 0. The summed E-state index contributed by atoms with van der Waals surface area (Å²) in [6.07, 6.45) is 10.3. The molecule has 1 N–H and O–H groups in total. The monoisotopic (exact) mass is 399 g/mol. The van der Waals surface area contributed by atoms with Crippen molar-refractivity contribution in [2.75, 3.05) is 25.0 Å². The van der Waals surface area contributed by atoms with E-state index in [0.29, 0.717) is 11.5 Å². The summed E-state index contributed by atoms with van der Waals surface area (Å²) in [6, 6.07) is 2.55. The Labute approximate surface area is 172 Å². The maximum atomic E-state index is 12.4. The molecule has 7 heteroatoms. The Balaban J connectivity index is 1.34. The molecule has 7 nitrogen and oxygen atoms in total. The fourth-order valence-electron chi connectivity index (χ4n) is 4.91. The van der Waals surface area contributed by atoms with Gasteiger partial charge >= 0.3 is 6.09 Å². The summed E-state index contributed by atoms with van der Waals surface area (Å²) < 4.78 is 5.54. The van der Waals surface area contributed by atoms with Crippen molar-refractivity contribution in [3.8, 4) is 0 Å². The number of carbonyl (C=O) groups is 1. The van der Waals surface area contributed by atoms with E-state index in [1.807, 2.05) is 31.9 Å². The average Bonchev–Trinajstić information content (AvgIpc) is 3.16. The van der Waals surface area contributed by atoms with Crippen LogP contribution in [-0.2, 0) is 4.74 Å². The number of carbonyl (C=O) groups excluding carboxylic acids is 1. The van der Waals surface area contributed by atoms with E-state index in [1.54, 1.807) is 6.33 Å². The maximum absolute atomic E-state index is 12.4. The zero-order chi connectivity index (χ0) is 20.6. The van der Waals surface area contributed by atoms with E-state index in [1.165, 1.54) is 25.7 Å². The van der Waals surface area contributed by atoms with E-state index in [-0.39, 0.29) is 6.09 Å². The summed E-state index contributed by atoms with van der Waals surface area (Å²) in [4.78, 5) is 28.6. The minimum absolute atomic E-state index is 0.167. The number of piperidine rings is 1. The van der Waals surface area contributed by atoms with E-state index in [0.717, 1.165) is 42.8 Å². The Morgan fingerprint density at radius 2 is 1.90 bits per heavy atom. The standard InChI is InChI=1S/C22H33N5O2/c1-21(2,3)29-20(28)27-13-10-22(11-14-27)8-5-16(6-9-22)26(4)19-17-7-12-23-18(17)24-15-25-19/h7,12,15-16H,5-6,8-11,13-14H2,1-4H3,(H,23,24,25). The summed E-state index contributed by atoms with van der Waals surface area (Å²) in [6.45, 7) is 7.39. The molecular weight excluding hydrogens is 366 g/mol. The second kappa shape index (κ2) is 7.50. The number of hydrogen-bond acceptors (Lipinski definition) is 5. The second-order valence-corrected chi connectivity index (χ2v) is 9.75. The number of rotatable bonds is 2. The molecule has 2 aliphatic rings. The predicted molar refractivity (Wildman–Crippen MR) is 114 cm³/mol. The van der Waals surface area contributed by atoms with Crippen molar-refractivity contribution in [2.24, 2.45) is 5.41 Å². The minimum atomic E-state index is -0.430. The number of nitrogens with zero attached hydrogens (tertiary/aromatic N) is 4. The molecular formula is C22H33N5O2. The molecule has 1 aliphatic heterocycles. The van der Waals surface area contributed by atoms with E-state index >= 15 is 0 Å². The normalized spacial score (nSPS) is 20.2. The number of anilines is 1. The van der Waals surface area contributed by atoms with Crippen LogP contribution in [0.25, 0.3) is 11.0 Å². The number of aromatic amines is 1. The molecule has 0 aromatic carbocycles. The molecule has 1 saturated heterocycles. The van der Waals surface area contributed by atoms with Crippen molar-refractivity contribution in [3.05, 3.63) is 18.6 Å². The van der Waals surface area contributed by atoms with Gasteiger partial charge in [-0.15, -0.1) is 0 Å². The Morgan fingerprint density at radius 3 is 2.55 bits per heavy atom. The summed E-state index contributed by atoms with van der Waals surface area (Å²) in [5, 5.41) is 1.08. The van der Waals surface area contributed by atoms with Gasteiger partial charge in [0, 0.05) is 32.4 Å². The van der Waals surface area contributed by atoms with E-state index < -0.39 is 5.60 Å². The van der Waals surface area contributed by atoms with Crippen LogP contribution in [-0.4, -0.2) is 57.7 Å². The van der Waals surface area contributed by atoms with Crippen LogP contribution in [0, 0.1) is 5.41 Å². The molecule has 29 heavy (non-hydrogen) atoms. The molecule has 0 unspecified atom stereocenters. The van der Waals surface area contributed by atoms with Crippen molar-refractivity contribution in [3.63, 3.8) is 0 Å². The van der Waals surface area contributed by atoms with Crippen LogP contribution in [0.15, 0.2) is 18.6 Å². The van der Waals surface area contributed by atoms with Gasteiger partial charge in [-0.2, -0.15) is 0 Å². The van der Waals surface area contributed by atoms with Crippen LogP contribution in [0.4, 0.5) is 10.6 Å². The Bertz CT molecular complexity index is 853. The van der Waals surface area contributed by atoms with E-state index in [2.05, 4.69) is 33.0 Å². The first-order valence-electron chi connectivity index (χ1n) is 10.8. The number of likely N-dealkylation sites (tertiary alicyclic amines) is 1. The van der Waals surface area contributed by atoms with Gasteiger partial charge in [-0.25, -0.2) is 14.8 Å². The Hall–Kier alpha value is -2.31. The minimum Gasteiger partial charge on any atom is -0.444 e. The van der Waals surface area contributed by atoms with Crippen LogP contribution >= 0.6 is 0 Å². The number of H-pyrrole nitrogens is 1. The highest BCUT2D eigenvalue weighted by atomic mass is 16.6. The second-order valence-electron chi connectivity index (χ2n) is 9.75. The van der Waals surface area contributed by atoms with E-state index in [4.69, 9.17) is 4.74 Å². The molecule has 1 aliphatic carbocycles. The quantitative estimate of drug-likeness (QED) is 0.812. The Morgan fingerprint density at radius 1 is 1.21 bits per heavy atom. The lowest BCUT2D eigenvalue weighted by Gasteiger charge is -2.47. The smallest absolute Gasteiger partial charge is 0.410 e. The third-order valence-electron chi connectivity index (χ3n) is 6.71. The molecule has 3 heterocycles. The SMILES string of the molecule is CN(c1ncnc2[nH]ccc12)C1CCC2(CC1)CCN(C(=O)OC(C)(C)C)CC2. The summed E-state index contributed by atoms with van der Waals surface area (Å²) in [7, 11) is 2.16. The Kier molecular flexibility index (Phi) is 5.17. The summed E-state index contributed by atoms with van der Waals surface area (Å²) in [5.74, 6) is 1.01. The zero-order valence-electron chi connectivity index (χ0n) is 18.1. The molecule has 0 bridgehead atoms. The van der Waals surface area contributed by atoms with Crippen molar-refractivity contribution in [1.82, 2.24) is 19.9 Å². The highest BCUT2D eigenvalue weighted by molar-refractivity contribution is 5.87. The number of nitrogens with one attached hydrogen (secondary N) is 1. The number of fused-ring (bicyclic) bond motifs is 1. The van der Waals surface area contributed by atoms with Crippen LogP contribution < -0.4 is 4.90 Å². The van der Waals surface area contributed by atoms with Gasteiger partial charge in [-0.1, -0.05) is 0 Å². The van der Waals surface area contributed by atoms with Gasteiger partial charge in [-0.05, 0) is 70.8 Å². The van der Waals surface area contributed by atoms with Gasteiger partial charge in [0.2, 0.25) is 0 Å². The lowest BCUT2D eigenvalue weighted by Crippen LogP contribution is -2.48. The van der Waals surface area contributed by atoms with Crippen LogP contribution in [0.5, 0.6) is 0 Å². The zero-order valence-corrected chi connectivity index (χ0v) is 18.1. The van der Waals surface area contributed by atoms with Crippen molar-refractivity contribution >= 4 is 22.9 Å². The molecule has 4 rings (SSSR count). The van der Waals surface area contributed by atoms with Crippen molar-refractivity contribution < 1.29 is 9.53 Å². The number of hydrogen-bond donors (Lipinski definition) is 1. The molecule has 0 atom stereocenters. The number of amides is 1. The van der Waals surface area contributed by atoms with Gasteiger partial charge in [0.15, 0.2) is 0 Å². The third-order valence-corrected chi connectivity index (χ3v) is 6.71. The first-order chi connectivity index (χ1) is 13.8. The molecule has 2 aromatic heterocycles. The topological polar surface area (TPSA) is 74.4 Å². The first-order valence-corrected chi connectivity index (χ1v) is 10.8. The molecule has 1 spiro atoms. The van der Waals surface area contributed by atoms with Crippen molar-refractivity contribution in [1.29, 1.82) is 0 Å².